The van der Waals surface area contributed by atoms with Crippen molar-refractivity contribution in [2.45, 2.75) is 110 Å². The molecule has 0 aromatic rings. The molecular formula is C19H38O3. The molecule has 0 radical (unpaired) electrons. The lowest BCUT2D eigenvalue weighted by atomic mass is 10.0. The second-order valence-corrected chi connectivity index (χ2v) is 6.52. The fraction of sp³-hybridized carbons (Fsp3) is 0.947. The Bertz CT molecular complexity index is 239. The van der Waals surface area contributed by atoms with Crippen LogP contribution in [0.3, 0.4) is 0 Å². The molecule has 0 aliphatic heterocycles. The number of hydrogen-bond donors (Lipinski definition) is 1. The second-order valence-electron chi connectivity index (χ2n) is 6.52. The minimum Gasteiger partial charge on any atom is -0.463 e. The molecule has 0 aliphatic rings. The number of ether oxygens (including phenoxy) is 1. The number of esters is 1. The summed E-state index contributed by atoms with van der Waals surface area (Å²) in [5.74, 6) is -0.177. The zero-order chi connectivity index (χ0) is 16.5. The SMILES string of the molecule is CCCCCCCCCCCCCCCC(=O)OCC(C)O. The topological polar surface area (TPSA) is 46.5 Å². The van der Waals surface area contributed by atoms with Gasteiger partial charge in [0.1, 0.15) is 6.61 Å². The molecule has 132 valence electrons. The molecule has 0 spiro atoms. The molecule has 3 heteroatoms. The van der Waals surface area contributed by atoms with Gasteiger partial charge in [-0.25, -0.2) is 0 Å². The molecule has 0 aromatic carbocycles. The van der Waals surface area contributed by atoms with Crippen LogP contribution in [0, 0.1) is 0 Å². The maximum atomic E-state index is 11.3. The van der Waals surface area contributed by atoms with Crippen LogP contribution >= 0.6 is 0 Å². The van der Waals surface area contributed by atoms with E-state index in [0.717, 1.165) is 12.8 Å². The highest BCUT2D eigenvalue weighted by atomic mass is 16.5. The van der Waals surface area contributed by atoms with Gasteiger partial charge in [-0.2, -0.15) is 0 Å². The molecule has 0 amide bonds. The number of rotatable bonds is 16. The van der Waals surface area contributed by atoms with Crippen LogP contribution in [0.4, 0.5) is 0 Å². The van der Waals surface area contributed by atoms with Gasteiger partial charge in [0.15, 0.2) is 0 Å². The third kappa shape index (κ3) is 17.5. The molecule has 0 aliphatic carbocycles. The van der Waals surface area contributed by atoms with E-state index in [1.54, 1.807) is 6.92 Å². The summed E-state index contributed by atoms with van der Waals surface area (Å²) in [6, 6.07) is 0. The van der Waals surface area contributed by atoms with Gasteiger partial charge in [0.25, 0.3) is 0 Å². The lowest BCUT2D eigenvalue weighted by molar-refractivity contribution is -0.146. The molecule has 3 nitrogen and oxygen atoms in total. The van der Waals surface area contributed by atoms with Crippen LogP contribution < -0.4 is 0 Å². The number of unbranched alkanes of at least 4 members (excludes halogenated alkanes) is 12. The summed E-state index contributed by atoms with van der Waals surface area (Å²) in [6.45, 7) is 4.01. The van der Waals surface area contributed by atoms with E-state index < -0.39 is 6.10 Å². The first-order valence-electron chi connectivity index (χ1n) is 9.50. The van der Waals surface area contributed by atoms with Crippen LogP contribution in [0.5, 0.6) is 0 Å². The van der Waals surface area contributed by atoms with Crippen LogP contribution in [-0.2, 0) is 9.53 Å². The van der Waals surface area contributed by atoms with Gasteiger partial charge >= 0.3 is 5.97 Å². The first-order chi connectivity index (χ1) is 10.7. The van der Waals surface area contributed by atoms with Crippen molar-refractivity contribution in [3.63, 3.8) is 0 Å². The normalized spacial score (nSPS) is 12.3. The van der Waals surface area contributed by atoms with Gasteiger partial charge < -0.3 is 9.84 Å². The summed E-state index contributed by atoms with van der Waals surface area (Å²) < 4.78 is 4.92. The molecular weight excluding hydrogens is 276 g/mol. The van der Waals surface area contributed by atoms with Gasteiger partial charge in [-0.1, -0.05) is 84.0 Å². The molecule has 1 unspecified atom stereocenters. The van der Waals surface area contributed by atoms with Crippen molar-refractivity contribution in [2.75, 3.05) is 6.61 Å². The van der Waals surface area contributed by atoms with Crippen molar-refractivity contribution in [2.24, 2.45) is 0 Å². The number of carbonyl (C=O) groups is 1. The van der Waals surface area contributed by atoms with Gasteiger partial charge in [0, 0.05) is 6.42 Å². The van der Waals surface area contributed by atoms with E-state index in [1.165, 1.54) is 70.6 Å². The van der Waals surface area contributed by atoms with Crippen LogP contribution in [0.1, 0.15) is 104 Å². The zero-order valence-electron chi connectivity index (χ0n) is 14.9. The average molecular weight is 315 g/mol. The number of hydrogen-bond acceptors (Lipinski definition) is 3. The monoisotopic (exact) mass is 314 g/mol. The second kappa shape index (κ2) is 16.8. The molecule has 0 heterocycles. The van der Waals surface area contributed by atoms with Gasteiger partial charge in [-0.05, 0) is 13.3 Å². The third-order valence-corrected chi connectivity index (χ3v) is 3.97. The molecule has 0 saturated heterocycles. The van der Waals surface area contributed by atoms with Crippen LogP contribution in [0.2, 0.25) is 0 Å². The minimum atomic E-state index is -0.560. The molecule has 22 heavy (non-hydrogen) atoms. The van der Waals surface area contributed by atoms with E-state index in [4.69, 9.17) is 9.84 Å². The highest BCUT2D eigenvalue weighted by molar-refractivity contribution is 5.69. The van der Waals surface area contributed by atoms with Crippen molar-refractivity contribution >= 4 is 5.97 Å². The summed E-state index contributed by atoms with van der Waals surface area (Å²) in [4.78, 5) is 11.3. The Morgan fingerprint density at radius 2 is 1.23 bits per heavy atom. The van der Waals surface area contributed by atoms with Gasteiger partial charge in [0.2, 0.25) is 0 Å². The lowest BCUT2D eigenvalue weighted by Crippen LogP contribution is -2.14. The van der Waals surface area contributed by atoms with E-state index in [9.17, 15) is 4.79 Å². The van der Waals surface area contributed by atoms with Gasteiger partial charge in [0.05, 0.1) is 6.10 Å². The van der Waals surface area contributed by atoms with Crippen LogP contribution in [-0.4, -0.2) is 23.8 Å². The maximum Gasteiger partial charge on any atom is 0.305 e. The number of carbonyl (C=O) groups excluding carboxylic acids is 1. The minimum absolute atomic E-state index is 0.122. The third-order valence-electron chi connectivity index (χ3n) is 3.97. The number of aliphatic hydroxyl groups excluding tert-OH is 1. The average Bonchev–Trinajstić information content (AvgIpc) is 2.49. The fourth-order valence-electron chi connectivity index (χ4n) is 2.57. The standard InChI is InChI=1S/C19H38O3/c1-3-4-5-6-7-8-9-10-11-12-13-14-15-16-19(21)22-17-18(2)20/h18,20H,3-17H2,1-2H3. The van der Waals surface area contributed by atoms with Gasteiger partial charge in [-0.3, -0.25) is 4.79 Å². The maximum absolute atomic E-state index is 11.3. The molecule has 0 fully saturated rings. The molecule has 0 bridgehead atoms. The van der Waals surface area contributed by atoms with Crippen LogP contribution in [0.25, 0.3) is 0 Å². The van der Waals surface area contributed by atoms with Crippen molar-refractivity contribution in [3.05, 3.63) is 0 Å². The van der Waals surface area contributed by atoms with E-state index in [2.05, 4.69) is 6.92 Å². The largest absolute Gasteiger partial charge is 0.463 e. The molecule has 0 saturated carbocycles. The smallest absolute Gasteiger partial charge is 0.305 e. The highest BCUT2D eigenvalue weighted by Crippen LogP contribution is 2.13. The van der Waals surface area contributed by atoms with Crippen LogP contribution in [0.15, 0.2) is 0 Å². The quantitative estimate of drug-likeness (QED) is 0.307. The Balaban J connectivity index is 3.09. The van der Waals surface area contributed by atoms with Crippen molar-refractivity contribution in [3.8, 4) is 0 Å². The Morgan fingerprint density at radius 1 is 0.818 bits per heavy atom. The Labute approximate surface area is 137 Å². The molecule has 0 aromatic heterocycles. The van der Waals surface area contributed by atoms with Crippen molar-refractivity contribution in [1.29, 1.82) is 0 Å². The first kappa shape index (κ1) is 21.4. The predicted molar refractivity (Wildman–Crippen MR) is 93.0 cm³/mol. The lowest BCUT2D eigenvalue weighted by Gasteiger charge is -2.06. The summed E-state index contributed by atoms with van der Waals surface area (Å²) >= 11 is 0. The molecule has 1 atom stereocenters. The summed E-state index contributed by atoms with van der Waals surface area (Å²) in [6.07, 6.45) is 16.9. The van der Waals surface area contributed by atoms with Crippen molar-refractivity contribution in [1.82, 2.24) is 0 Å². The Hall–Kier alpha value is -0.570. The van der Waals surface area contributed by atoms with E-state index >= 15 is 0 Å². The van der Waals surface area contributed by atoms with Gasteiger partial charge in [-0.15, -0.1) is 0 Å². The zero-order valence-corrected chi connectivity index (χ0v) is 14.9. The van der Waals surface area contributed by atoms with E-state index in [1.807, 2.05) is 0 Å². The highest BCUT2D eigenvalue weighted by Gasteiger charge is 2.04. The first-order valence-corrected chi connectivity index (χ1v) is 9.50. The summed E-state index contributed by atoms with van der Waals surface area (Å²) in [5.41, 5.74) is 0. The fourth-order valence-corrected chi connectivity index (χ4v) is 2.57. The van der Waals surface area contributed by atoms with E-state index in [0.29, 0.717) is 6.42 Å². The van der Waals surface area contributed by atoms with E-state index in [-0.39, 0.29) is 12.6 Å². The summed E-state index contributed by atoms with van der Waals surface area (Å²) in [5, 5.41) is 9.01. The molecule has 1 N–H and O–H groups in total. The Kier molecular flexibility index (Phi) is 16.4. The number of aliphatic hydroxyl groups is 1. The summed E-state index contributed by atoms with van der Waals surface area (Å²) in [7, 11) is 0. The van der Waals surface area contributed by atoms with Crippen molar-refractivity contribution < 1.29 is 14.6 Å². The predicted octanol–water partition coefficient (Wildman–Crippen LogP) is 5.39. The molecule has 0 rings (SSSR count). The Morgan fingerprint density at radius 3 is 1.64 bits per heavy atom.